The first-order chi connectivity index (χ1) is 20.4. The summed E-state index contributed by atoms with van der Waals surface area (Å²) in [6.45, 7) is 4.17. The summed E-state index contributed by atoms with van der Waals surface area (Å²) >= 11 is 0. The third-order valence-corrected chi connectivity index (χ3v) is 8.47. The van der Waals surface area contributed by atoms with Gasteiger partial charge in [0.05, 0.1) is 41.4 Å². The van der Waals surface area contributed by atoms with Crippen LogP contribution in [0.2, 0.25) is 0 Å². The minimum absolute atomic E-state index is 0.169. The van der Waals surface area contributed by atoms with Crippen LogP contribution in [-0.4, -0.2) is 71.9 Å². The second-order valence-corrected chi connectivity index (χ2v) is 11.6. The van der Waals surface area contributed by atoms with Gasteiger partial charge in [0.15, 0.2) is 11.5 Å². The third-order valence-electron chi connectivity index (χ3n) is 8.47. The fourth-order valence-corrected chi connectivity index (χ4v) is 5.99. The van der Waals surface area contributed by atoms with E-state index >= 15 is 0 Å². The monoisotopic (exact) mass is 570 g/mol. The lowest BCUT2D eigenvalue weighted by molar-refractivity contribution is 0.0723. The molecule has 0 radical (unpaired) electrons. The van der Waals surface area contributed by atoms with Crippen molar-refractivity contribution in [2.45, 2.75) is 45.3 Å². The predicted octanol–water partition coefficient (Wildman–Crippen LogP) is 3.88. The number of pyridine rings is 1. The lowest BCUT2D eigenvalue weighted by Gasteiger charge is -2.29. The number of para-hydroxylation sites is 1. The largest absolute Gasteiger partial charge is 0.490 e. The maximum absolute atomic E-state index is 13.2. The molecule has 218 valence electrons. The predicted molar refractivity (Wildman–Crippen MR) is 158 cm³/mol. The Bertz CT molecular complexity index is 1800. The van der Waals surface area contributed by atoms with Crippen LogP contribution in [0.25, 0.3) is 33.6 Å². The van der Waals surface area contributed by atoms with Crippen LogP contribution in [0.1, 0.15) is 34.6 Å². The van der Waals surface area contributed by atoms with E-state index in [9.17, 15) is 9.18 Å². The molecular weight excluding hydrogens is 535 g/mol. The summed E-state index contributed by atoms with van der Waals surface area (Å²) in [6, 6.07) is 9.50. The van der Waals surface area contributed by atoms with Crippen molar-refractivity contribution in [3.8, 4) is 17.3 Å². The molecule has 5 aromatic rings. The van der Waals surface area contributed by atoms with E-state index in [1.54, 1.807) is 4.90 Å². The van der Waals surface area contributed by atoms with Gasteiger partial charge in [-0.15, -0.1) is 0 Å². The first-order valence-electron chi connectivity index (χ1n) is 14.6. The Morgan fingerprint density at radius 2 is 2.07 bits per heavy atom. The molecule has 1 aromatic carbocycles. The topological polar surface area (TPSA) is 109 Å². The van der Waals surface area contributed by atoms with Crippen LogP contribution in [0.4, 0.5) is 4.39 Å². The number of imidazole rings is 2. The highest BCUT2D eigenvalue weighted by molar-refractivity contribution is 5.99. The number of hydrogen-bond donors (Lipinski definition) is 1. The van der Waals surface area contributed by atoms with Gasteiger partial charge in [0.1, 0.15) is 24.5 Å². The highest BCUT2D eigenvalue weighted by atomic mass is 19.1. The number of nitrogens with two attached hydrogens (primary N) is 1. The zero-order chi connectivity index (χ0) is 29.0. The molecule has 2 N–H and O–H groups in total. The molecule has 1 aliphatic heterocycles. The Hall–Kier alpha value is -4.25. The first-order valence-corrected chi connectivity index (χ1v) is 14.6. The number of alkyl halides is 1. The Labute approximate surface area is 242 Å². The minimum atomic E-state index is -0.689. The number of halogens is 1. The lowest BCUT2D eigenvalue weighted by atomic mass is 10.0. The molecule has 1 amide bonds. The Morgan fingerprint density at radius 3 is 2.83 bits per heavy atom. The molecule has 0 unspecified atom stereocenters. The number of fused-ring (bicyclic) bond motifs is 3. The van der Waals surface area contributed by atoms with Crippen molar-refractivity contribution in [2.75, 3.05) is 26.4 Å². The molecule has 1 atom stereocenters. The molecular formula is C31H35FN8O2. The SMILES string of the molecule is Cc1cncn1CCOc1cccc2cc(-c3nc4cc5c(nc4n3C)CCN(C[C@H](N)CF)C5=O)n(CC3CC3)c12. The first kappa shape index (κ1) is 26.6. The molecule has 10 nitrogen and oxygen atoms in total. The fourth-order valence-electron chi connectivity index (χ4n) is 5.99. The van der Waals surface area contributed by atoms with E-state index in [1.165, 1.54) is 12.8 Å². The van der Waals surface area contributed by atoms with Crippen LogP contribution in [0.5, 0.6) is 5.75 Å². The minimum Gasteiger partial charge on any atom is -0.490 e. The fraction of sp³-hybridized carbons (Fsp3) is 0.419. The van der Waals surface area contributed by atoms with Crippen molar-refractivity contribution in [1.82, 2.24) is 33.6 Å². The van der Waals surface area contributed by atoms with Crippen molar-refractivity contribution in [1.29, 1.82) is 0 Å². The summed E-state index contributed by atoms with van der Waals surface area (Å²) in [5, 5.41) is 1.09. The molecule has 0 saturated heterocycles. The summed E-state index contributed by atoms with van der Waals surface area (Å²) in [5.74, 6) is 2.10. The highest BCUT2D eigenvalue weighted by Crippen LogP contribution is 2.39. The molecule has 0 bridgehead atoms. The second-order valence-electron chi connectivity index (χ2n) is 11.6. The van der Waals surface area contributed by atoms with E-state index in [0.29, 0.717) is 36.6 Å². The molecule has 7 rings (SSSR count). The van der Waals surface area contributed by atoms with Gasteiger partial charge in [-0.25, -0.2) is 19.3 Å². The Balaban J connectivity index is 1.26. The van der Waals surface area contributed by atoms with Gasteiger partial charge in [-0.2, -0.15) is 0 Å². The van der Waals surface area contributed by atoms with Gasteiger partial charge in [-0.05, 0) is 43.9 Å². The maximum atomic E-state index is 13.2. The molecule has 4 aromatic heterocycles. The van der Waals surface area contributed by atoms with Crippen LogP contribution in [0, 0.1) is 12.8 Å². The molecule has 42 heavy (non-hydrogen) atoms. The number of carbonyl (C=O) groups is 1. The molecule has 0 spiro atoms. The van der Waals surface area contributed by atoms with E-state index < -0.39 is 12.7 Å². The van der Waals surface area contributed by atoms with E-state index in [4.69, 9.17) is 20.4 Å². The lowest BCUT2D eigenvalue weighted by Crippen LogP contribution is -2.45. The van der Waals surface area contributed by atoms with Crippen LogP contribution in [0.15, 0.2) is 42.9 Å². The summed E-state index contributed by atoms with van der Waals surface area (Å²) in [4.78, 5) is 29.0. The van der Waals surface area contributed by atoms with Crippen molar-refractivity contribution < 1.29 is 13.9 Å². The van der Waals surface area contributed by atoms with E-state index in [2.05, 4.69) is 26.3 Å². The Kier molecular flexibility index (Phi) is 6.69. The van der Waals surface area contributed by atoms with E-state index in [-0.39, 0.29) is 12.5 Å². The number of carbonyl (C=O) groups excluding carboxylic acids is 1. The molecule has 11 heteroatoms. The maximum Gasteiger partial charge on any atom is 0.255 e. The quantitative estimate of drug-likeness (QED) is 0.273. The van der Waals surface area contributed by atoms with E-state index in [0.717, 1.165) is 58.3 Å². The van der Waals surface area contributed by atoms with Crippen LogP contribution in [-0.2, 0) is 26.6 Å². The van der Waals surface area contributed by atoms with Crippen LogP contribution >= 0.6 is 0 Å². The number of ether oxygens (including phenoxy) is 1. The number of hydrogen-bond acceptors (Lipinski definition) is 6. The molecule has 2 aliphatic rings. The average molecular weight is 571 g/mol. The number of nitrogens with zero attached hydrogens (tertiary/aromatic N) is 7. The normalized spacial score (nSPS) is 16.0. The van der Waals surface area contributed by atoms with Gasteiger partial charge in [-0.1, -0.05) is 12.1 Å². The van der Waals surface area contributed by atoms with Gasteiger partial charge in [0.25, 0.3) is 5.91 Å². The van der Waals surface area contributed by atoms with Gasteiger partial charge in [0.2, 0.25) is 0 Å². The number of amides is 1. The second kappa shape index (κ2) is 10.5. The van der Waals surface area contributed by atoms with Crippen molar-refractivity contribution in [3.63, 3.8) is 0 Å². The third kappa shape index (κ3) is 4.71. The highest BCUT2D eigenvalue weighted by Gasteiger charge is 2.30. The standard InChI is InChI=1S/C31H35FN8O2/c1-19-15-34-18-39(19)10-11-42-27-5-3-4-21-12-26(40(28(21)27)16-20-6-7-20)30-36-25-13-23-24(35-29(25)37(30)2)8-9-38(31(23)41)17-22(33)14-32/h3-5,12-13,15,18,20,22H,6-11,14,16-17,33H2,1-2H3/t22-/m1/s1. The van der Waals surface area contributed by atoms with Gasteiger partial charge < -0.3 is 29.1 Å². The zero-order valence-corrected chi connectivity index (χ0v) is 24.0. The zero-order valence-electron chi connectivity index (χ0n) is 24.0. The van der Waals surface area contributed by atoms with Gasteiger partial charge in [0, 0.05) is 50.4 Å². The summed E-state index contributed by atoms with van der Waals surface area (Å²) in [6.07, 6.45) is 6.70. The smallest absolute Gasteiger partial charge is 0.255 e. The number of rotatable bonds is 10. The van der Waals surface area contributed by atoms with Gasteiger partial charge in [-0.3, -0.25) is 4.79 Å². The molecule has 1 fully saturated rings. The van der Waals surface area contributed by atoms with Crippen LogP contribution < -0.4 is 10.5 Å². The van der Waals surface area contributed by atoms with Crippen molar-refractivity contribution >= 4 is 28.0 Å². The number of aryl methyl sites for hydroxylation is 2. The molecule has 1 aliphatic carbocycles. The van der Waals surface area contributed by atoms with Crippen molar-refractivity contribution in [2.24, 2.45) is 18.7 Å². The molecule has 5 heterocycles. The van der Waals surface area contributed by atoms with E-state index in [1.807, 2.05) is 49.3 Å². The van der Waals surface area contributed by atoms with Crippen molar-refractivity contribution in [3.05, 3.63) is 59.8 Å². The molecule has 1 saturated carbocycles. The summed E-state index contributed by atoms with van der Waals surface area (Å²) in [7, 11) is 1.98. The number of aromatic nitrogens is 6. The van der Waals surface area contributed by atoms with Crippen LogP contribution in [0.3, 0.4) is 0 Å². The average Bonchev–Trinajstić information content (AvgIpc) is 3.48. The summed E-state index contributed by atoms with van der Waals surface area (Å²) < 4.78 is 25.8. The van der Waals surface area contributed by atoms with Gasteiger partial charge >= 0.3 is 0 Å². The summed E-state index contributed by atoms with van der Waals surface area (Å²) in [5.41, 5.74) is 11.6. The number of benzene rings is 1. The Morgan fingerprint density at radius 1 is 1.21 bits per heavy atom.